The van der Waals surface area contributed by atoms with Crippen molar-refractivity contribution < 1.29 is 9.18 Å². The molecule has 2 aromatic heterocycles. The summed E-state index contributed by atoms with van der Waals surface area (Å²) in [4.78, 5) is 29.8. The molecule has 0 radical (unpaired) electrons. The largest absolute Gasteiger partial charge is 0.302 e. The third-order valence-electron chi connectivity index (χ3n) is 4.55. The molecule has 3 heterocycles. The molecule has 0 aromatic carbocycles. The third-order valence-corrected chi connectivity index (χ3v) is 5.53. The van der Waals surface area contributed by atoms with Gasteiger partial charge in [-0.3, -0.25) is 9.69 Å². The smallest absolute Gasteiger partial charge is 0.159 e. The fraction of sp³-hybridized carbons (Fsp3) is 0.556. The average Bonchev–Trinajstić information content (AvgIpc) is 2.94. The summed E-state index contributed by atoms with van der Waals surface area (Å²) >= 11 is 1.62. The van der Waals surface area contributed by atoms with E-state index in [0.717, 1.165) is 37.6 Å². The zero-order valence-electron chi connectivity index (χ0n) is 15.2. The molecule has 1 aliphatic rings. The van der Waals surface area contributed by atoms with Crippen LogP contribution in [0.25, 0.3) is 0 Å². The van der Waals surface area contributed by atoms with E-state index in [1.54, 1.807) is 18.3 Å². The van der Waals surface area contributed by atoms with Crippen molar-refractivity contribution in [3.8, 4) is 0 Å². The van der Waals surface area contributed by atoms with E-state index in [1.165, 1.54) is 17.3 Å². The Kier molecular flexibility index (Phi) is 6.39. The van der Waals surface area contributed by atoms with Crippen LogP contribution in [0.15, 0.2) is 18.6 Å². The first kappa shape index (κ1) is 19.0. The van der Waals surface area contributed by atoms with Crippen LogP contribution in [0.3, 0.4) is 0 Å². The highest BCUT2D eigenvalue weighted by atomic mass is 32.1. The number of rotatable bonds is 6. The summed E-state index contributed by atoms with van der Waals surface area (Å²) in [6, 6.07) is 0.285. The molecule has 8 heteroatoms. The van der Waals surface area contributed by atoms with Crippen LogP contribution in [-0.4, -0.2) is 63.3 Å². The number of thiazole rings is 1. The van der Waals surface area contributed by atoms with Crippen molar-refractivity contribution in [2.24, 2.45) is 0 Å². The van der Waals surface area contributed by atoms with Crippen LogP contribution in [0.1, 0.15) is 29.1 Å². The maximum absolute atomic E-state index is 13.0. The number of aromatic nitrogens is 3. The SMILES string of the molecule is CC(=O)Cc1ncc(CN2CCCN(C)C(Cc3ncc(F)cn3)C2)s1. The van der Waals surface area contributed by atoms with Crippen LogP contribution in [0, 0.1) is 5.82 Å². The van der Waals surface area contributed by atoms with Gasteiger partial charge in [-0.25, -0.2) is 19.3 Å². The molecule has 0 N–H and O–H groups in total. The Bertz CT molecular complexity index is 735. The summed E-state index contributed by atoms with van der Waals surface area (Å²) in [6.07, 6.45) is 6.55. The Morgan fingerprint density at radius 3 is 2.77 bits per heavy atom. The van der Waals surface area contributed by atoms with E-state index in [0.29, 0.717) is 18.7 Å². The van der Waals surface area contributed by atoms with Gasteiger partial charge in [0, 0.05) is 36.6 Å². The molecule has 6 nitrogen and oxygen atoms in total. The summed E-state index contributed by atoms with van der Waals surface area (Å²) in [7, 11) is 2.12. The molecule has 1 fully saturated rings. The van der Waals surface area contributed by atoms with Crippen molar-refractivity contribution in [1.82, 2.24) is 24.8 Å². The zero-order valence-corrected chi connectivity index (χ0v) is 16.0. The average molecular weight is 377 g/mol. The maximum atomic E-state index is 13.0. The van der Waals surface area contributed by atoms with Gasteiger partial charge in [0.15, 0.2) is 5.82 Å². The van der Waals surface area contributed by atoms with Crippen molar-refractivity contribution in [2.45, 2.75) is 38.8 Å². The van der Waals surface area contributed by atoms with Gasteiger partial charge in [0.25, 0.3) is 0 Å². The summed E-state index contributed by atoms with van der Waals surface area (Å²) < 4.78 is 13.0. The first-order valence-electron chi connectivity index (χ1n) is 8.81. The zero-order chi connectivity index (χ0) is 18.5. The Morgan fingerprint density at radius 2 is 2.04 bits per heavy atom. The minimum Gasteiger partial charge on any atom is -0.302 e. The van der Waals surface area contributed by atoms with Gasteiger partial charge in [-0.2, -0.15) is 0 Å². The second-order valence-corrected chi connectivity index (χ2v) is 8.04. The van der Waals surface area contributed by atoms with Gasteiger partial charge in [0.05, 0.1) is 18.8 Å². The quantitative estimate of drug-likeness (QED) is 0.767. The van der Waals surface area contributed by atoms with Crippen LogP contribution < -0.4 is 0 Å². The predicted molar refractivity (Wildman–Crippen MR) is 98.5 cm³/mol. The molecule has 1 aliphatic heterocycles. The second-order valence-electron chi connectivity index (χ2n) is 6.84. The number of hydrogen-bond acceptors (Lipinski definition) is 7. The molecule has 0 amide bonds. The molecular formula is C18H24FN5OS. The predicted octanol–water partition coefficient (Wildman–Crippen LogP) is 1.95. The Morgan fingerprint density at radius 1 is 1.27 bits per heavy atom. The van der Waals surface area contributed by atoms with Crippen LogP contribution in [-0.2, 0) is 24.2 Å². The number of halogens is 1. The van der Waals surface area contributed by atoms with Crippen LogP contribution in [0.5, 0.6) is 0 Å². The number of ketones is 1. The Balaban J connectivity index is 1.63. The van der Waals surface area contributed by atoms with Gasteiger partial charge in [-0.15, -0.1) is 11.3 Å². The maximum Gasteiger partial charge on any atom is 0.159 e. The fourth-order valence-electron chi connectivity index (χ4n) is 3.21. The molecule has 1 unspecified atom stereocenters. The lowest BCUT2D eigenvalue weighted by Crippen LogP contribution is -2.40. The Hall–Kier alpha value is -1.77. The number of carbonyl (C=O) groups is 1. The number of carbonyl (C=O) groups excluding carboxylic acids is 1. The van der Waals surface area contributed by atoms with Crippen molar-refractivity contribution >= 4 is 17.1 Å². The molecule has 0 spiro atoms. The van der Waals surface area contributed by atoms with E-state index in [2.05, 4.69) is 31.8 Å². The molecule has 0 saturated carbocycles. The van der Waals surface area contributed by atoms with Crippen molar-refractivity contribution in [2.75, 3.05) is 26.7 Å². The number of likely N-dealkylation sites (N-methyl/N-ethyl adjacent to an activating group) is 1. The minimum atomic E-state index is -0.406. The lowest BCUT2D eigenvalue weighted by atomic mass is 10.1. The van der Waals surface area contributed by atoms with Gasteiger partial charge < -0.3 is 4.90 Å². The minimum absolute atomic E-state index is 0.140. The normalized spacial score (nSPS) is 19.4. The number of nitrogens with zero attached hydrogens (tertiary/aromatic N) is 5. The monoisotopic (exact) mass is 377 g/mol. The molecule has 2 aromatic rings. The highest BCUT2D eigenvalue weighted by Gasteiger charge is 2.24. The van der Waals surface area contributed by atoms with E-state index in [4.69, 9.17) is 0 Å². The molecular weight excluding hydrogens is 353 g/mol. The summed E-state index contributed by atoms with van der Waals surface area (Å²) in [5.41, 5.74) is 0. The van der Waals surface area contributed by atoms with Crippen molar-refractivity contribution in [3.63, 3.8) is 0 Å². The van der Waals surface area contributed by atoms with E-state index >= 15 is 0 Å². The molecule has 26 heavy (non-hydrogen) atoms. The van der Waals surface area contributed by atoms with Crippen LogP contribution in [0.2, 0.25) is 0 Å². The lowest BCUT2D eigenvalue weighted by Gasteiger charge is -2.28. The van der Waals surface area contributed by atoms with E-state index < -0.39 is 5.82 Å². The van der Waals surface area contributed by atoms with E-state index in [9.17, 15) is 9.18 Å². The van der Waals surface area contributed by atoms with Crippen molar-refractivity contribution in [3.05, 3.63) is 40.1 Å². The molecule has 3 rings (SSSR count). The fourth-order valence-corrected chi connectivity index (χ4v) is 4.25. The first-order valence-corrected chi connectivity index (χ1v) is 9.63. The van der Waals surface area contributed by atoms with Crippen LogP contribution >= 0.6 is 11.3 Å². The van der Waals surface area contributed by atoms with Gasteiger partial charge >= 0.3 is 0 Å². The lowest BCUT2D eigenvalue weighted by molar-refractivity contribution is -0.116. The number of hydrogen-bond donors (Lipinski definition) is 0. The first-order chi connectivity index (χ1) is 12.5. The molecule has 140 valence electrons. The molecule has 0 aliphatic carbocycles. The van der Waals surface area contributed by atoms with E-state index in [1.807, 2.05) is 6.20 Å². The topological polar surface area (TPSA) is 62.2 Å². The highest BCUT2D eigenvalue weighted by Crippen LogP contribution is 2.19. The highest BCUT2D eigenvalue weighted by molar-refractivity contribution is 7.11. The van der Waals surface area contributed by atoms with E-state index in [-0.39, 0.29) is 11.8 Å². The number of Topliss-reactive ketones (excluding diaryl/α,β-unsaturated/α-hetero) is 1. The summed E-state index contributed by atoms with van der Waals surface area (Å²) in [5.74, 6) is 0.407. The van der Waals surface area contributed by atoms with Gasteiger partial charge in [-0.05, 0) is 33.5 Å². The van der Waals surface area contributed by atoms with Gasteiger partial charge in [0.1, 0.15) is 16.6 Å². The molecule has 1 saturated heterocycles. The van der Waals surface area contributed by atoms with Gasteiger partial charge in [-0.1, -0.05) is 0 Å². The standard InChI is InChI=1S/C18H24FN5OS/c1-13(25)6-18-22-10-16(26-18)12-24-5-3-4-23(2)15(11-24)7-17-20-8-14(19)9-21-17/h8-10,15H,3-7,11-12H2,1-2H3. The van der Waals surface area contributed by atoms with Crippen molar-refractivity contribution in [1.29, 1.82) is 0 Å². The molecule has 0 bridgehead atoms. The van der Waals surface area contributed by atoms with Crippen LogP contribution in [0.4, 0.5) is 4.39 Å². The summed E-state index contributed by atoms with van der Waals surface area (Å²) in [6.45, 7) is 5.36. The molecule has 1 atom stereocenters. The Labute approximate surface area is 157 Å². The third kappa shape index (κ3) is 5.36. The summed E-state index contributed by atoms with van der Waals surface area (Å²) in [5, 5.41) is 0.885. The second kappa shape index (κ2) is 8.75. The van der Waals surface area contributed by atoms with Gasteiger partial charge in [0.2, 0.25) is 0 Å².